The summed E-state index contributed by atoms with van der Waals surface area (Å²) >= 11 is 12.5. The molecule has 0 saturated carbocycles. The number of anilines is 1. The zero-order valence-corrected chi connectivity index (χ0v) is 18.8. The van der Waals surface area contributed by atoms with Crippen LogP contribution in [0.5, 0.6) is 0 Å². The fourth-order valence-electron chi connectivity index (χ4n) is 3.12. The van der Waals surface area contributed by atoms with Crippen LogP contribution in [-0.4, -0.2) is 11.6 Å². The van der Waals surface area contributed by atoms with Gasteiger partial charge in [-0.3, -0.25) is 0 Å². The highest BCUT2D eigenvalue weighted by Gasteiger charge is 2.22. The number of fused-ring (bicyclic) bond motifs is 1. The highest BCUT2D eigenvalue weighted by Crippen LogP contribution is 2.28. The van der Waals surface area contributed by atoms with Gasteiger partial charge in [0.25, 0.3) is 5.82 Å². The first kappa shape index (κ1) is 21.1. The van der Waals surface area contributed by atoms with Crippen molar-refractivity contribution < 1.29 is 28.5 Å². The van der Waals surface area contributed by atoms with Crippen molar-refractivity contribution in [3.05, 3.63) is 64.5 Å². The first-order chi connectivity index (χ1) is 12.1. The van der Waals surface area contributed by atoms with E-state index in [0.29, 0.717) is 10.0 Å². The Hall–Kier alpha value is -1.24. The largest absolute Gasteiger partial charge is 1.00 e. The molecule has 1 heterocycles. The number of aryl methyl sites for hydroxylation is 2. The van der Waals surface area contributed by atoms with E-state index < -0.39 is 0 Å². The predicted octanol–water partition coefficient (Wildman–Crippen LogP) is 2.39. The molecular formula is C20H22Cl2IN3. The van der Waals surface area contributed by atoms with Crippen LogP contribution >= 0.6 is 23.2 Å². The summed E-state index contributed by atoms with van der Waals surface area (Å²) in [5.41, 5.74) is 3.34. The van der Waals surface area contributed by atoms with Crippen molar-refractivity contribution in [1.29, 1.82) is 0 Å². The summed E-state index contributed by atoms with van der Waals surface area (Å²) in [5, 5.41) is 1.17. The van der Waals surface area contributed by atoms with Crippen molar-refractivity contribution in [1.82, 2.24) is 4.57 Å². The van der Waals surface area contributed by atoms with Crippen LogP contribution in [0.2, 0.25) is 10.0 Å². The fraction of sp³-hybridized carbons (Fsp3) is 0.250. The molecule has 0 saturated heterocycles. The lowest BCUT2D eigenvalue weighted by molar-refractivity contribution is -0.670. The minimum absolute atomic E-state index is 0. The topological polar surface area (TPSA) is 12.1 Å². The van der Waals surface area contributed by atoms with Gasteiger partial charge in [0, 0.05) is 37.1 Å². The molecule has 3 aromatic rings. The molecule has 6 heteroatoms. The first-order valence-electron chi connectivity index (χ1n) is 8.44. The van der Waals surface area contributed by atoms with Gasteiger partial charge < -0.3 is 28.9 Å². The maximum absolute atomic E-state index is 6.25. The lowest BCUT2D eigenvalue weighted by atomic mass is 10.3. The Morgan fingerprint density at radius 3 is 2.35 bits per heavy atom. The molecule has 0 spiro atoms. The number of hydrogen-bond acceptors (Lipinski definition) is 1. The Kier molecular flexibility index (Phi) is 7.38. The van der Waals surface area contributed by atoms with Crippen LogP contribution in [0.15, 0.2) is 48.7 Å². The van der Waals surface area contributed by atoms with E-state index in [4.69, 9.17) is 23.2 Å². The number of aromatic nitrogens is 2. The number of rotatable bonds is 5. The molecule has 0 unspecified atom stereocenters. The Bertz CT molecular complexity index is 873. The lowest BCUT2D eigenvalue weighted by Crippen LogP contribution is -3.00. The number of halogens is 3. The third kappa shape index (κ3) is 4.02. The number of para-hydroxylation sites is 1. The maximum Gasteiger partial charge on any atom is 0.283 e. The monoisotopic (exact) mass is 501 g/mol. The minimum Gasteiger partial charge on any atom is -1.00 e. The summed E-state index contributed by atoms with van der Waals surface area (Å²) < 4.78 is 4.52. The van der Waals surface area contributed by atoms with E-state index in [9.17, 15) is 0 Å². The Labute approximate surface area is 181 Å². The Morgan fingerprint density at radius 1 is 1.08 bits per heavy atom. The van der Waals surface area contributed by atoms with Crippen molar-refractivity contribution >= 4 is 46.0 Å². The van der Waals surface area contributed by atoms with Crippen molar-refractivity contribution in [3.8, 4) is 0 Å². The highest BCUT2D eigenvalue weighted by atomic mass is 127. The smallest absolute Gasteiger partial charge is 0.283 e. The van der Waals surface area contributed by atoms with Gasteiger partial charge in [0.2, 0.25) is 0 Å². The van der Waals surface area contributed by atoms with E-state index in [1.165, 1.54) is 0 Å². The molecule has 0 amide bonds. The molecule has 0 N–H and O–H groups in total. The average molecular weight is 502 g/mol. The normalized spacial score (nSPS) is 11.1. The van der Waals surface area contributed by atoms with Crippen LogP contribution in [-0.2, 0) is 13.1 Å². The van der Waals surface area contributed by atoms with Gasteiger partial charge in [-0.1, -0.05) is 41.4 Å². The maximum atomic E-state index is 6.25. The zero-order valence-electron chi connectivity index (χ0n) is 15.1. The van der Waals surface area contributed by atoms with Gasteiger partial charge in [0.15, 0.2) is 11.0 Å². The number of benzene rings is 2. The third-order valence-corrected chi connectivity index (χ3v) is 5.12. The molecule has 26 heavy (non-hydrogen) atoms. The summed E-state index contributed by atoms with van der Waals surface area (Å²) in [6.45, 7) is 5.99. The van der Waals surface area contributed by atoms with Crippen LogP contribution in [0, 0.1) is 0 Å². The summed E-state index contributed by atoms with van der Waals surface area (Å²) in [7, 11) is 2.05. The Balaban J connectivity index is 0.00000243. The second kappa shape index (κ2) is 9.11. The standard InChI is InChI=1S/C20H22Cl2N3.HI/c1-4-24-18-13-16(21)17(22)14-19(18)25(5-2)20(24)11-12-23(3)15-9-7-6-8-10-15;/h6-14H,4-5H2,1-3H3;1H/q+1;/p-1. The van der Waals surface area contributed by atoms with E-state index in [1.54, 1.807) is 0 Å². The SMILES string of the molecule is CCn1c(/C=C/N(C)c2ccccc2)[n+](CC)c2cc(Cl)c(Cl)cc21.[I-]. The fourth-order valence-corrected chi connectivity index (χ4v) is 3.44. The van der Waals surface area contributed by atoms with Crippen molar-refractivity contribution in [2.75, 3.05) is 11.9 Å². The van der Waals surface area contributed by atoms with E-state index in [-0.39, 0.29) is 24.0 Å². The lowest BCUT2D eigenvalue weighted by Gasteiger charge is -2.13. The predicted molar refractivity (Wildman–Crippen MR) is 107 cm³/mol. The van der Waals surface area contributed by atoms with E-state index >= 15 is 0 Å². The minimum atomic E-state index is 0. The van der Waals surface area contributed by atoms with Crippen LogP contribution in [0.1, 0.15) is 19.7 Å². The van der Waals surface area contributed by atoms with E-state index in [1.807, 2.05) is 30.3 Å². The van der Waals surface area contributed by atoms with Crippen LogP contribution in [0.4, 0.5) is 5.69 Å². The van der Waals surface area contributed by atoms with Crippen LogP contribution in [0.3, 0.4) is 0 Å². The van der Waals surface area contributed by atoms with Gasteiger partial charge >= 0.3 is 0 Å². The summed E-state index contributed by atoms with van der Waals surface area (Å²) in [5.74, 6) is 1.13. The molecule has 3 rings (SSSR count). The molecule has 0 radical (unpaired) electrons. The average Bonchev–Trinajstić information content (AvgIpc) is 2.92. The third-order valence-electron chi connectivity index (χ3n) is 4.40. The Morgan fingerprint density at radius 2 is 1.73 bits per heavy atom. The molecule has 0 aliphatic heterocycles. The molecule has 2 aromatic carbocycles. The zero-order chi connectivity index (χ0) is 18.0. The molecule has 1 aromatic heterocycles. The van der Waals surface area contributed by atoms with Gasteiger partial charge in [0.05, 0.1) is 23.1 Å². The molecule has 0 bridgehead atoms. The van der Waals surface area contributed by atoms with Crippen molar-refractivity contribution in [2.24, 2.45) is 0 Å². The second-order valence-corrected chi connectivity index (χ2v) is 6.68. The van der Waals surface area contributed by atoms with E-state index in [2.05, 4.69) is 59.3 Å². The molecule has 0 atom stereocenters. The summed E-state index contributed by atoms with van der Waals surface area (Å²) in [6.07, 6.45) is 4.23. The first-order valence-corrected chi connectivity index (χ1v) is 9.19. The number of hydrogen-bond donors (Lipinski definition) is 0. The van der Waals surface area contributed by atoms with Gasteiger partial charge in [-0.15, -0.1) is 0 Å². The second-order valence-electron chi connectivity index (χ2n) is 5.86. The van der Waals surface area contributed by atoms with Crippen LogP contribution < -0.4 is 33.4 Å². The van der Waals surface area contributed by atoms with Crippen molar-refractivity contribution in [3.63, 3.8) is 0 Å². The quantitative estimate of drug-likeness (QED) is 0.386. The summed E-state index contributed by atoms with van der Waals surface area (Å²) in [4.78, 5) is 2.11. The molecule has 0 fully saturated rings. The van der Waals surface area contributed by atoms with E-state index in [0.717, 1.165) is 35.6 Å². The van der Waals surface area contributed by atoms with Gasteiger partial charge in [-0.25, -0.2) is 9.13 Å². The molecule has 138 valence electrons. The molecule has 0 aliphatic carbocycles. The molecular weight excluding hydrogens is 480 g/mol. The molecule has 3 nitrogen and oxygen atoms in total. The van der Waals surface area contributed by atoms with Crippen LogP contribution in [0.25, 0.3) is 17.1 Å². The van der Waals surface area contributed by atoms with Gasteiger partial charge in [-0.05, 0) is 26.0 Å². The number of imidazole rings is 1. The number of nitrogens with zero attached hydrogens (tertiary/aromatic N) is 3. The molecule has 0 aliphatic rings. The van der Waals surface area contributed by atoms with Gasteiger partial charge in [0.1, 0.15) is 0 Å². The highest BCUT2D eigenvalue weighted by molar-refractivity contribution is 6.42. The van der Waals surface area contributed by atoms with Crippen molar-refractivity contribution in [2.45, 2.75) is 26.9 Å². The summed E-state index contributed by atoms with van der Waals surface area (Å²) in [6, 6.07) is 14.2. The van der Waals surface area contributed by atoms with Gasteiger partial charge in [-0.2, -0.15) is 0 Å².